The molecule has 0 aromatic heterocycles. The molecule has 5 rings (SSSR count). The molecule has 1 N–H and O–H groups in total. The van der Waals surface area contributed by atoms with E-state index in [0.717, 1.165) is 28.9 Å². The van der Waals surface area contributed by atoms with Gasteiger partial charge in [-0.05, 0) is 60.6 Å². The number of carbonyl (C=O) groups excluding carboxylic acids is 3. The number of ether oxygens (including phenoxy) is 1. The van der Waals surface area contributed by atoms with Gasteiger partial charge in [-0.2, -0.15) is 0 Å². The van der Waals surface area contributed by atoms with E-state index in [1.807, 2.05) is 42.2 Å². The number of benzene rings is 2. The van der Waals surface area contributed by atoms with Crippen molar-refractivity contribution in [1.82, 2.24) is 5.32 Å². The quantitative estimate of drug-likeness (QED) is 0.691. The molecular weight excluding hydrogens is 454 g/mol. The lowest BCUT2D eigenvalue weighted by Crippen LogP contribution is -2.53. The van der Waals surface area contributed by atoms with E-state index in [-0.39, 0.29) is 23.8 Å². The van der Waals surface area contributed by atoms with Crippen LogP contribution in [-0.4, -0.2) is 50.1 Å². The number of fused-ring (bicyclic) bond motifs is 1. The SMILES string of the molecule is CNC(=O)c1ccc(-c2ccc3c(c2)N(C(=O)C2CC(C4CCCC4)CO2)C[C@H](C)N3C(C)=O)cc1. The topological polar surface area (TPSA) is 79.0 Å². The fourth-order valence-corrected chi connectivity index (χ4v) is 6.21. The summed E-state index contributed by atoms with van der Waals surface area (Å²) < 4.78 is 6.07. The zero-order chi connectivity index (χ0) is 25.4. The number of nitrogens with one attached hydrogen (secondary N) is 1. The highest BCUT2D eigenvalue weighted by Gasteiger charge is 2.41. The first kappa shape index (κ1) is 24.5. The van der Waals surface area contributed by atoms with E-state index in [0.29, 0.717) is 30.6 Å². The number of anilines is 2. The van der Waals surface area contributed by atoms with Crippen LogP contribution in [0.5, 0.6) is 0 Å². The lowest BCUT2D eigenvalue weighted by atomic mass is 9.88. The third-order valence-corrected chi connectivity index (χ3v) is 8.10. The van der Waals surface area contributed by atoms with Gasteiger partial charge < -0.3 is 19.9 Å². The molecular formula is C29H35N3O4. The van der Waals surface area contributed by atoms with Gasteiger partial charge in [0.25, 0.3) is 11.8 Å². The van der Waals surface area contributed by atoms with Crippen molar-refractivity contribution in [3.63, 3.8) is 0 Å². The molecule has 1 saturated carbocycles. The molecule has 3 amide bonds. The molecule has 2 heterocycles. The minimum absolute atomic E-state index is 0.0149. The van der Waals surface area contributed by atoms with Crippen molar-refractivity contribution in [2.24, 2.45) is 11.8 Å². The molecule has 36 heavy (non-hydrogen) atoms. The number of hydrogen-bond donors (Lipinski definition) is 1. The third-order valence-electron chi connectivity index (χ3n) is 8.10. The highest BCUT2D eigenvalue weighted by atomic mass is 16.5. The predicted molar refractivity (Wildman–Crippen MR) is 140 cm³/mol. The van der Waals surface area contributed by atoms with E-state index in [1.54, 1.807) is 31.0 Å². The van der Waals surface area contributed by atoms with Crippen LogP contribution in [0.1, 0.15) is 56.3 Å². The number of amides is 3. The average molecular weight is 490 g/mol. The van der Waals surface area contributed by atoms with Gasteiger partial charge in [0.1, 0.15) is 6.10 Å². The predicted octanol–water partition coefficient (Wildman–Crippen LogP) is 4.40. The van der Waals surface area contributed by atoms with Crippen molar-refractivity contribution in [2.45, 2.75) is 58.1 Å². The van der Waals surface area contributed by atoms with Gasteiger partial charge in [-0.15, -0.1) is 0 Å². The fourth-order valence-electron chi connectivity index (χ4n) is 6.21. The van der Waals surface area contributed by atoms with Gasteiger partial charge >= 0.3 is 0 Å². The van der Waals surface area contributed by atoms with Crippen molar-refractivity contribution in [3.8, 4) is 11.1 Å². The zero-order valence-electron chi connectivity index (χ0n) is 21.3. The molecule has 2 aliphatic heterocycles. The van der Waals surface area contributed by atoms with E-state index in [1.165, 1.54) is 25.7 Å². The van der Waals surface area contributed by atoms with Gasteiger partial charge in [0.15, 0.2) is 0 Å². The van der Waals surface area contributed by atoms with Crippen molar-refractivity contribution in [2.75, 3.05) is 30.0 Å². The molecule has 1 saturated heterocycles. The number of carbonyl (C=O) groups is 3. The smallest absolute Gasteiger partial charge is 0.256 e. The monoisotopic (exact) mass is 489 g/mol. The Morgan fingerprint density at radius 2 is 1.64 bits per heavy atom. The molecule has 0 radical (unpaired) electrons. The van der Waals surface area contributed by atoms with Crippen molar-refractivity contribution in [3.05, 3.63) is 48.0 Å². The van der Waals surface area contributed by atoms with Crippen molar-refractivity contribution >= 4 is 29.1 Å². The van der Waals surface area contributed by atoms with Gasteiger partial charge in [-0.3, -0.25) is 14.4 Å². The first-order valence-corrected chi connectivity index (χ1v) is 13.1. The lowest BCUT2D eigenvalue weighted by Gasteiger charge is -2.41. The van der Waals surface area contributed by atoms with Crippen LogP contribution in [0.4, 0.5) is 11.4 Å². The van der Waals surface area contributed by atoms with E-state index in [2.05, 4.69) is 5.32 Å². The lowest BCUT2D eigenvalue weighted by molar-refractivity contribution is -0.127. The van der Waals surface area contributed by atoms with Crippen LogP contribution in [0.15, 0.2) is 42.5 Å². The highest BCUT2D eigenvalue weighted by Crippen LogP contribution is 2.42. The Morgan fingerprint density at radius 1 is 0.944 bits per heavy atom. The van der Waals surface area contributed by atoms with E-state index < -0.39 is 6.10 Å². The Labute approximate surface area is 212 Å². The Balaban J connectivity index is 1.46. The van der Waals surface area contributed by atoms with Crippen LogP contribution in [0.3, 0.4) is 0 Å². The molecule has 3 atom stereocenters. The summed E-state index contributed by atoms with van der Waals surface area (Å²) in [6.07, 6.45) is 5.40. The summed E-state index contributed by atoms with van der Waals surface area (Å²) in [4.78, 5) is 41.9. The fraction of sp³-hybridized carbons (Fsp3) is 0.483. The molecule has 3 aliphatic rings. The molecule has 2 fully saturated rings. The second-order valence-electron chi connectivity index (χ2n) is 10.4. The van der Waals surface area contributed by atoms with E-state index >= 15 is 0 Å². The molecule has 2 aromatic carbocycles. The minimum Gasteiger partial charge on any atom is -0.368 e. The number of nitrogens with zero attached hydrogens (tertiary/aromatic N) is 2. The third kappa shape index (κ3) is 4.52. The van der Waals surface area contributed by atoms with E-state index in [4.69, 9.17) is 4.74 Å². The van der Waals surface area contributed by atoms with Crippen LogP contribution < -0.4 is 15.1 Å². The van der Waals surface area contributed by atoms with Crippen molar-refractivity contribution in [1.29, 1.82) is 0 Å². The van der Waals surface area contributed by atoms with Crippen LogP contribution >= 0.6 is 0 Å². The van der Waals surface area contributed by atoms with Crippen LogP contribution in [0, 0.1) is 11.8 Å². The van der Waals surface area contributed by atoms with Gasteiger partial charge in [0.2, 0.25) is 5.91 Å². The summed E-state index contributed by atoms with van der Waals surface area (Å²) >= 11 is 0. The Morgan fingerprint density at radius 3 is 2.31 bits per heavy atom. The minimum atomic E-state index is -0.435. The highest BCUT2D eigenvalue weighted by molar-refractivity contribution is 6.06. The second-order valence-corrected chi connectivity index (χ2v) is 10.4. The molecule has 2 aromatic rings. The van der Waals surface area contributed by atoms with Gasteiger partial charge in [-0.25, -0.2) is 0 Å². The summed E-state index contributed by atoms with van der Waals surface area (Å²) in [6, 6.07) is 13.1. The molecule has 0 bridgehead atoms. The molecule has 0 spiro atoms. The van der Waals surface area contributed by atoms with Crippen LogP contribution in [-0.2, 0) is 14.3 Å². The van der Waals surface area contributed by atoms with Crippen molar-refractivity contribution < 1.29 is 19.1 Å². The normalized spacial score (nSPS) is 24.0. The molecule has 7 heteroatoms. The summed E-state index contributed by atoms with van der Waals surface area (Å²) in [5.74, 6) is 0.938. The Hall–Kier alpha value is -3.19. The van der Waals surface area contributed by atoms with E-state index in [9.17, 15) is 14.4 Å². The summed E-state index contributed by atoms with van der Waals surface area (Å²) in [5.41, 5.74) is 3.91. The first-order chi connectivity index (χ1) is 17.4. The number of hydrogen-bond acceptors (Lipinski definition) is 4. The number of rotatable bonds is 4. The molecule has 1 aliphatic carbocycles. The summed E-state index contributed by atoms with van der Waals surface area (Å²) in [7, 11) is 1.61. The second kappa shape index (κ2) is 10.1. The standard InChI is InChI=1S/C29H35N3O4/c1-18-16-31(29(35)27-15-24(17-36-27)20-6-4-5-7-20)26-14-23(12-13-25(26)32(18)19(2)33)21-8-10-22(11-9-21)28(34)30-3/h8-14,18,20,24,27H,4-7,15-17H2,1-3H3,(H,30,34)/t18-,24?,27?/m0/s1. The first-order valence-electron chi connectivity index (χ1n) is 13.1. The zero-order valence-corrected chi connectivity index (χ0v) is 21.3. The molecule has 190 valence electrons. The largest absolute Gasteiger partial charge is 0.368 e. The van der Waals surface area contributed by atoms with Gasteiger partial charge in [0, 0.05) is 26.1 Å². The molecule has 2 unspecified atom stereocenters. The summed E-state index contributed by atoms with van der Waals surface area (Å²) in [5, 5.41) is 2.63. The Kier molecular flexibility index (Phi) is 6.84. The molecule has 7 nitrogen and oxygen atoms in total. The Bertz CT molecular complexity index is 1160. The maximum atomic E-state index is 13.8. The van der Waals surface area contributed by atoms with Gasteiger partial charge in [0.05, 0.1) is 24.0 Å². The van der Waals surface area contributed by atoms with Gasteiger partial charge in [-0.1, -0.05) is 43.9 Å². The van der Waals surface area contributed by atoms with Crippen LogP contribution in [0.2, 0.25) is 0 Å². The summed E-state index contributed by atoms with van der Waals surface area (Å²) in [6.45, 7) is 4.63. The average Bonchev–Trinajstić information content (AvgIpc) is 3.59. The van der Waals surface area contributed by atoms with Crippen LogP contribution in [0.25, 0.3) is 11.1 Å². The maximum absolute atomic E-state index is 13.8. The maximum Gasteiger partial charge on any atom is 0.256 e.